The van der Waals surface area contributed by atoms with Gasteiger partial charge in [-0.25, -0.2) is 0 Å². The lowest BCUT2D eigenvalue weighted by atomic mass is 10.1. The van der Waals surface area contributed by atoms with Gasteiger partial charge in [-0.15, -0.1) is 0 Å². The molecule has 0 saturated heterocycles. The normalized spacial score (nSPS) is 17.1. The summed E-state index contributed by atoms with van der Waals surface area (Å²) in [6, 6.07) is 8.00. The van der Waals surface area contributed by atoms with E-state index in [1.807, 2.05) is 25.1 Å². The molecule has 0 heterocycles. The third-order valence-corrected chi connectivity index (χ3v) is 3.75. The molecule has 1 aliphatic carbocycles. The third-order valence-electron chi connectivity index (χ3n) is 3.75. The number of ether oxygens (including phenoxy) is 1. The van der Waals surface area contributed by atoms with Crippen LogP contribution in [0.5, 0.6) is 0 Å². The van der Waals surface area contributed by atoms with Crippen LogP contribution in [0.4, 0.5) is 0 Å². The number of rotatable bonds is 3. The van der Waals surface area contributed by atoms with Crippen LogP contribution in [0, 0.1) is 18.3 Å². The van der Waals surface area contributed by atoms with Gasteiger partial charge in [0.05, 0.1) is 24.3 Å². The summed E-state index contributed by atoms with van der Waals surface area (Å²) in [5.74, 6) is 0. The van der Waals surface area contributed by atoms with E-state index in [0.29, 0.717) is 12.7 Å². The Kier molecular flexibility index (Phi) is 4.78. The Morgan fingerprint density at radius 3 is 2.56 bits per heavy atom. The number of hydrogen-bond donors (Lipinski definition) is 0. The van der Waals surface area contributed by atoms with Gasteiger partial charge in [-0.1, -0.05) is 31.7 Å². The fraction of sp³-hybridized carbons (Fsp3) is 0.562. The van der Waals surface area contributed by atoms with Gasteiger partial charge >= 0.3 is 0 Å². The molecule has 2 rings (SSSR count). The van der Waals surface area contributed by atoms with Crippen LogP contribution >= 0.6 is 0 Å². The number of nitrogens with zero attached hydrogens (tertiary/aromatic N) is 1. The van der Waals surface area contributed by atoms with Crippen molar-refractivity contribution in [1.82, 2.24) is 0 Å². The van der Waals surface area contributed by atoms with Crippen molar-refractivity contribution in [3.8, 4) is 6.07 Å². The van der Waals surface area contributed by atoms with Gasteiger partial charge in [-0.3, -0.25) is 0 Å². The highest BCUT2D eigenvalue weighted by Crippen LogP contribution is 2.21. The largest absolute Gasteiger partial charge is 0.374 e. The molecule has 1 aliphatic rings. The maximum Gasteiger partial charge on any atom is 0.0991 e. The summed E-state index contributed by atoms with van der Waals surface area (Å²) in [5, 5.41) is 8.84. The Labute approximate surface area is 110 Å². The molecule has 18 heavy (non-hydrogen) atoms. The van der Waals surface area contributed by atoms with Gasteiger partial charge in [0.2, 0.25) is 0 Å². The van der Waals surface area contributed by atoms with Gasteiger partial charge in [0.1, 0.15) is 0 Å². The molecule has 0 radical (unpaired) electrons. The molecule has 1 fully saturated rings. The minimum absolute atomic E-state index is 0.433. The molecule has 0 atom stereocenters. The molecule has 0 unspecified atom stereocenters. The average molecular weight is 243 g/mol. The van der Waals surface area contributed by atoms with Crippen molar-refractivity contribution in [2.45, 2.75) is 58.2 Å². The second-order valence-electron chi connectivity index (χ2n) is 5.18. The monoisotopic (exact) mass is 243 g/mol. The van der Waals surface area contributed by atoms with Gasteiger partial charge in [0.25, 0.3) is 0 Å². The second-order valence-corrected chi connectivity index (χ2v) is 5.18. The van der Waals surface area contributed by atoms with Crippen LogP contribution in [0.25, 0.3) is 0 Å². The summed E-state index contributed by atoms with van der Waals surface area (Å²) >= 11 is 0. The van der Waals surface area contributed by atoms with Crippen LogP contribution in [0.2, 0.25) is 0 Å². The van der Waals surface area contributed by atoms with Crippen molar-refractivity contribution in [2.75, 3.05) is 0 Å². The van der Waals surface area contributed by atoms with E-state index in [9.17, 15) is 0 Å². The van der Waals surface area contributed by atoms with Gasteiger partial charge in [0.15, 0.2) is 0 Å². The topological polar surface area (TPSA) is 33.0 Å². The van der Waals surface area contributed by atoms with E-state index in [-0.39, 0.29) is 0 Å². The van der Waals surface area contributed by atoms with Crippen LogP contribution < -0.4 is 0 Å². The zero-order valence-corrected chi connectivity index (χ0v) is 11.1. The first kappa shape index (κ1) is 13.1. The van der Waals surface area contributed by atoms with Crippen molar-refractivity contribution in [2.24, 2.45) is 0 Å². The van der Waals surface area contributed by atoms with Crippen molar-refractivity contribution in [3.05, 3.63) is 34.9 Å². The zero-order valence-electron chi connectivity index (χ0n) is 11.1. The molecule has 0 amide bonds. The summed E-state index contributed by atoms with van der Waals surface area (Å²) in [6.07, 6.45) is 8.16. The predicted octanol–water partition coefficient (Wildman–Crippen LogP) is 4.11. The van der Waals surface area contributed by atoms with E-state index < -0.39 is 0 Å². The molecule has 2 heteroatoms. The molecule has 1 aromatic carbocycles. The lowest BCUT2D eigenvalue weighted by molar-refractivity contribution is 0.0307. The lowest BCUT2D eigenvalue weighted by Crippen LogP contribution is -2.11. The molecule has 0 spiro atoms. The first-order valence-corrected chi connectivity index (χ1v) is 6.91. The quantitative estimate of drug-likeness (QED) is 0.748. The van der Waals surface area contributed by atoms with Crippen LogP contribution in [-0.4, -0.2) is 6.10 Å². The first-order chi connectivity index (χ1) is 8.79. The van der Waals surface area contributed by atoms with Crippen molar-refractivity contribution >= 4 is 0 Å². The number of benzene rings is 1. The van der Waals surface area contributed by atoms with Crippen LogP contribution in [0.15, 0.2) is 18.2 Å². The smallest absolute Gasteiger partial charge is 0.0991 e. The number of hydrogen-bond acceptors (Lipinski definition) is 2. The molecule has 1 aromatic rings. The van der Waals surface area contributed by atoms with Gasteiger partial charge in [-0.2, -0.15) is 5.26 Å². The molecular formula is C16H21NO. The first-order valence-electron chi connectivity index (χ1n) is 6.91. The predicted molar refractivity (Wildman–Crippen MR) is 72.2 cm³/mol. The maximum absolute atomic E-state index is 8.84. The maximum atomic E-state index is 8.84. The molecule has 2 nitrogen and oxygen atoms in total. The molecule has 96 valence electrons. The summed E-state index contributed by atoms with van der Waals surface area (Å²) in [7, 11) is 0. The molecule has 0 bridgehead atoms. The van der Waals surface area contributed by atoms with E-state index >= 15 is 0 Å². The summed E-state index contributed by atoms with van der Waals surface area (Å²) < 4.78 is 6.02. The van der Waals surface area contributed by atoms with E-state index in [1.54, 1.807) is 0 Å². The highest BCUT2D eigenvalue weighted by molar-refractivity contribution is 5.37. The van der Waals surface area contributed by atoms with E-state index in [4.69, 9.17) is 10.00 Å². The van der Waals surface area contributed by atoms with E-state index in [1.165, 1.54) is 44.1 Å². The Bertz CT molecular complexity index is 425. The Balaban J connectivity index is 1.91. The van der Waals surface area contributed by atoms with Gasteiger partial charge < -0.3 is 4.74 Å². The summed E-state index contributed by atoms with van der Waals surface area (Å²) in [5.41, 5.74) is 3.09. The molecule has 1 saturated carbocycles. The molecule has 0 N–H and O–H groups in total. The Hall–Kier alpha value is -1.33. The second kappa shape index (κ2) is 6.56. The molecular weight excluding hydrogens is 222 g/mol. The zero-order chi connectivity index (χ0) is 12.8. The Morgan fingerprint density at radius 2 is 1.94 bits per heavy atom. The van der Waals surface area contributed by atoms with Crippen molar-refractivity contribution < 1.29 is 4.74 Å². The minimum Gasteiger partial charge on any atom is -0.374 e. The van der Waals surface area contributed by atoms with Crippen molar-refractivity contribution in [3.63, 3.8) is 0 Å². The van der Waals surface area contributed by atoms with Gasteiger partial charge in [-0.05, 0) is 43.0 Å². The Morgan fingerprint density at radius 1 is 1.22 bits per heavy atom. The fourth-order valence-electron chi connectivity index (χ4n) is 2.54. The average Bonchev–Trinajstić information content (AvgIpc) is 2.66. The standard InChI is InChI=1S/C16H21NO/c1-13-10-14(11-17)8-9-15(13)12-18-16-6-4-2-3-5-7-16/h8-10,16H,2-7,12H2,1H3. The van der Waals surface area contributed by atoms with Crippen LogP contribution in [0.1, 0.15) is 55.2 Å². The highest BCUT2D eigenvalue weighted by atomic mass is 16.5. The minimum atomic E-state index is 0.433. The summed E-state index contributed by atoms with van der Waals surface area (Å²) in [6.45, 7) is 2.73. The molecule has 0 aliphatic heterocycles. The highest BCUT2D eigenvalue weighted by Gasteiger charge is 2.13. The number of nitriles is 1. The van der Waals surface area contributed by atoms with E-state index in [2.05, 4.69) is 6.07 Å². The fourth-order valence-corrected chi connectivity index (χ4v) is 2.54. The van der Waals surface area contributed by atoms with Crippen molar-refractivity contribution in [1.29, 1.82) is 5.26 Å². The van der Waals surface area contributed by atoms with Gasteiger partial charge in [0, 0.05) is 0 Å². The van der Waals surface area contributed by atoms with Crippen LogP contribution in [0.3, 0.4) is 0 Å². The summed E-state index contributed by atoms with van der Waals surface area (Å²) in [4.78, 5) is 0. The van der Waals surface area contributed by atoms with Crippen LogP contribution in [-0.2, 0) is 11.3 Å². The SMILES string of the molecule is Cc1cc(C#N)ccc1COC1CCCCCC1. The number of aryl methyl sites for hydroxylation is 1. The van der Waals surface area contributed by atoms with E-state index in [0.717, 1.165) is 11.1 Å². The lowest BCUT2D eigenvalue weighted by Gasteiger charge is -2.16. The third kappa shape index (κ3) is 3.58. The molecule has 0 aromatic heterocycles.